The first-order chi connectivity index (χ1) is 12.0. The van der Waals surface area contributed by atoms with Crippen molar-refractivity contribution in [2.45, 2.75) is 19.2 Å². The molecule has 1 unspecified atom stereocenters. The van der Waals surface area contributed by atoms with Gasteiger partial charge in [0.2, 0.25) is 0 Å². The van der Waals surface area contributed by atoms with Gasteiger partial charge in [0.1, 0.15) is 24.5 Å². The van der Waals surface area contributed by atoms with Crippen molar-refractivity contribution in [1.82, 2.24) is 10.3 Å². The van der Waals surface area contributed by atoms with Gasteiger partial charge in [0.15, 0.2) is 0 Å². The summed E-state index contributed by atoms with van der Waals surface area (Å²) in [5.74, 6) is -0.632. The quantitative estimate of drug-likeness (QED) is 0.655. The molecule has 0 radical (unpaired) electrons. The molecular formula is C17H16ClN3O4. The van der Waals surface area contributed by atoms with Crippen LogP contribution in [0.25, 0.3) is 0 Å². The highest BCUT2D eigenvalue weighted by Crippen LogP contribution is 2.24. The summed E-state index contributed by atoms with van der Waals surface area (Å²) in [4.78, 5) is 14.9. The molecule has 0 spiro atoms. The van der Waals surface area contributed by atoms with Gasteiger partial charge in [-0.15, -0.1) is 0 Å². The van der Waals surface area contributed by atoms with Gasteiger partial charge in [0.05, 0.1) is 12.2 Å². The standard InChI is InChI=1S/C17H16ClN3O4/c18-14-1-2-16(13(4-14)8-21-15(9-22)17(23)24)25-10-12-3-11(5-19)6-20-7-12/h1-4,6-7,15,21-22H,8-10H2,(H,23,24). The minimum absolute atomic E-state index is 0.157. The van der Waals surface area contributed by atoms with Crippen molar-refractivity contribution in [3.8, 4) is 11.8 Å². The van der Waals surface area contributed by atoms with Crippen molar-refractivity contribution in [2.24, 2.45) is 0 Å². The average Bonchev–Trinajstić information content (AvgIpc) is 2.61. The summed E-state index contributed by atoms with van der Waals surface area (Å²) in [5, 5.41) is 30.1. The highest BCUT2D eigenvalue weighted by molar-refractivity contribution is 6.30. The number of carboxylic acids is 1. The topological polar surface area (TPSA) is 115 Å². The fraction of sp³-hybridized carbons (Fsp3) is 0.235. The van der Waals surface area contributed by atoms with E-state index in [1.807, 2.05) is 6.07 Å². The van der Waals surface area contributed by atoms with Crippen molar-refractivity contribution < 1.29 is 19.7 Å². The second-order valence-electron chi connectivity index (χ2n) is 5.19. The molecule has 1 aromatic heterocycles. The van der Waals surface area contributed by atoms with Crippen LogP contribution in [0.2, 0.25) is 5.02 Å². The molecular weight excluding hydrogens is 346 g/mol. The fourth-order valence-electron chi connectivity index (χ4n) is 2.08. The summed E-state index contributed by atoms with van der Waals surface area (Å²) in [6, 6.07) is 7.59. The molecule has 0 fully saturated rings. The van der Waals surface area contributed by atoms with Gasteiger partial charge in [-0.1, -0.05) is 11.6 Å². The van der Waals surface area contributed by atoms with Crippen LogP contribution in [0, 0.1) is 11.3 Å². The Kier molecular flexibility index (Phi) is 6.71. The van der Waals surface area contributed by atoms with Gasteiger partial charge >= 0.3 is 5.97 Å². The van der Waals surface area contributed by atoms with E-state index in [1.165, 1.54) is 6.20 Å². The number of aromatic nitrogens is 1. The summed E-state index contributed by atoms with van der Waals surface area (Å²) in [7, 11) is 0. The number of hydrogen-bond acceptors (Lipinski definition) is 6. The first kappa shape index (κ1) is 18.7. The van der Waals surface area contributed by atoms with Crippen molar-refractivity contribution in [3.05, 3.63) is 58.4 Å². The molecule has 0 saturated carbocycles. The Labute approximate surface area is 149 Å². The molecule has 0 bridgehead atoms. The summed E-state index contributed by atoms with van der Waals surface area (Å²) >= 11 is 5.99. The number of rotatable bonds is 8. The predicted octanol–water partition coefficient (Wildman–Crippen LogP) is 1.72. The number of pyridine rings is 1. The van der Waals surface area contributed by atoms with E-state index >= 15 is 0 Å². The van der Waals surface area contributed by atoms with Crippen molar-refractivity contribution in [2.75, 3.05) is 6.61 Å². The first-order valence-corrected chi connectivity index (χ1v) is 7.73. The number of hydrogen-bond donors (Lipinski definition) is 3. The zero-order valence-electron chi connectivity index (χ0n) is 13.1. The fourth-order valence-corrected chi connectivity index (χ4v) is 2.27. The molecule has 3 N–H and O–H groups in total. The van der Waals surface area contributed by atoms with Crippen LogP contribution in [-0.2, 0) is 17.9 Å². The van der Waals surface area contributed by atoms with Crippen LogP contribution in [0.5, 0.6) is 5.75 Å². The van der Waals surface area contributed by atoms with Crippen LogP contribution in [0.1, 0.15) is 16.7 Å². The van der Waals surface area contributed by atoms with Gasteiger partial charge in [-0.25, -0.2) is 0 Å². The summed E-state index contributed by atoms with van der Waals surface area (Å²) in [5.41, 5.74) is 1.81. The average molecular weight is 362 g/mol. The molecule has 8 heteroatoms. The number of carboxylic acid groups (broad SMARTS) is 1. The van der Waals surface area contributed by atoms with Gasteiger partial charge in [-0.3, -0.25) is 15.1 Å². The number of carbonyl (C=O) groups is 1. The number of nitriles is 1. The Balaban J connectivity index is 2.09. The number of aliphatic hydroxyl groups is 1. The van der Waals surface area contributed by atoms with Crippen LogP contribution in [0.4, 0.5) is 0 Å². The second kappa shape index (κ2) is 8.99. The van der Waals surface area contributed by atoms with Crippen LogP contribution >= 0.6 is 11.6 Å². The summed E-state index contributed by atoms with van der Waals surface area (Å²) in [6.45, 7) is -0.178. The Bertz CT molecular complexity index is 792. The first-order valence-electron chi connectivity index (χ1n) is 7.35. The molecule has 2 rings (SSSR count). The molecule has 1 aromatic carbocycles. The van der Waals surface area contributed by atoms with E-state index in [9.17, 15) is 4.79 Å². The molecule has 1 heterocycles. The van der Waals surface area contributed by atoms with Gasteiger partial charge in [-0.2, -0.15) is 5.26 Å². The van der Waals surface area contributed by atoms with E-state index < -0.39 is 18.6 Å². The minimum atomic E-state index is -1.15. The lowest BCUT2D eigenvalue weighted by Crippen LogP contribution is -2.39. The van der Waals surface area contributed by atoms with Gasteiger partial charge in [-0.05, 0) is 24.3 Å². The predicted molar refractivity (Wildman–Crippen MR) is 90.1 cm³/mol. The highest BCUT2D eigenvalue weighted by Gasteiger charge is 2.16. The van der Waals surface area contributed by atoms with Crippen LogP contribution < -0.4 is 10.1 Å². The number of nitrogens with zero attached hydrogens (tertiary/aromatic N) is 2. The smallest absolute Gasteiger partial charge is 0.323 e. The van der Waals surface area contributed by atoms with E-state index in [-0.39, 0.29) is 13.2 Å². The molecule has 130 valence electrons. The van der Waals surface area contributed by atoms with Crippen LogP contribution in [0.3, 0.4) is 0 Å². The maximum absolute atomic E-state index is 11.0. The molecule has 7 nitrogen and oxygen atoms in total. The Morgan fingerprint density at radius 3 is 2.88 bits per heavy atom. The zero-order valence-corrected chi connectivity index (χ0v) is 13.9. The minimum Gasteiger partial charge on any atom is -0.489 e. The largest absolute Gasteiger partial charge is 0.489 e. The normalized spacial score (nSPS) is 11.6. The van der Waals surface area contributed by atoms with Crippen LogP contribution in [0.15, 0.2) is 36.7 Å². The molecule has 1 atom stereocenters. The summed E-state index contributed by atoms with van der Waals surface area (Å²) < 4.78 is 5.75. The van der Waals surface area contributed by atoms with E-state index in [1.54, 1.807) is 30.5 Å². The number of halogens is 1. The number of aliphatic hydroxyl groups excluding tert-OH is 1. The number of benzene rings is 1. The molecule has 2 aromatic rings. The maximum atomic E-state index is 11.0. The monoisotopic (exact) mass is 361 g/mol. The molecule has 0 amide bonds. The third-order valence-electron chi connectivity index (χ3n) is 3.36. The Hall–Kier alpha value is -2.66. The van der Waals surface area contributed by atoms with Crippen molar-refractivity contribution in [1.29, 1.82) is 5.26 Å². The Morgan fingerprint density at radius 1 is 1.40 bits per heavy atom. The molecule has 25 heavy (non-hydrogen) atoms. The van der Waals surface area contributed by atoms with E-state index in [4.69, 9.17) is 31.8 Å². The third kappa shape index (κ3) is 5.43. The second-order valence-corrected chi connectivity index (χ2v) is 5.63. The van der Waals surface area contributed by atoms with E-state index in [0.29, 0.717) is 21.9 Å². The van der Waals surface area contributed by atoms with Gasteiger partial charge in [0.25, 0.3) is 0 Å². The maximum Gasteiger partial charge on any atom is 0.323 e. The lowest BCUT2D eigenvalue weighted by Gasteiger charge is -2.15. The Morgan fingerprint density at radius 2 is 2.20 bits per heavy atom. The van der Waals surface area contributed by atoms with E-state index in [2.05, 4.69) is 10.3 Å². The SMILES string of the molecule is N#Cc1cncc(COc2ccc(Cl)cc2CNC(CO)C(=O)O)c1. The lowest BCUT2D eigenvalue weighted by molar-refractivity contribution is -0.140. The summed E-state index contributed by atoms with van der Waals surface area (Å²) in [6.07, 6.45) is 3.06. The van der Waals surface area contributed by atoms with Crippen LogP contribution in [-0.4, -0.2) is 33.8 Å². The number of ether oxygens (including phenoxy) is 1. The van der Waals surface area contributed by atoms with Crippen molar-refractivity contribution in [3.63, 3.8) is 0 Å². The van der Waals surface area contributed by atoms with Gasteiger partial charge < -0.3 is 14.9 Å². The molecule has 0 aliphatic heterocycles. The highest BCUT2D eigenvalue weighted by atomic mass is 35.5. The van der Waals surface area contributed by atoms with E-state index in [0.717, 1.165) is 5.56 Å². The van der Waals surface area contributed by atoms with Gasteiger partial charge in [0, 0.05) is 35.1 Å². The lowest BCUT2D eigenvalue weighted by atomic mass is 10.1. The number of nitrogens with one attached hydrogen (secondary N) is 1. The molecule has 0 saturated heterocycles. The molecule has 0 aliphatic carbocycles. The molecule has 0 aliphatic rings. The number of aliphatic carboxylic acids is 1. The zero-order chi connectivity index (χ0) is 18.2. The van der Waals surface area contributed by atoms with Crippen molar-refractivity contribution >= 4 is 17.6 Å². The third-order valence-corrected chi connectivity index (χ3v) is 3.60.